The number of carbonyl (C=O) groups excluding carboxylic acids is 1. The number of pyridine rings is 1. The average Bonchev–Trinajstić information content (AvgIpc) is 3.47. The van der Waals surface area contributed by atoms with Gasteiger partial charge in [0.1, 0.15) is 11.6 Å². The molecule has 2 aliphatic heterocycles. The van der Waals surface area contributed by atoms with E-state index in [9.17, 15) is 22.0 Å². The summed E-state index contributed by atoms with van der Waals surface area (Å²) < 4.78 is 54.1. The number of nitrogens with two attached hydrogens (primary N) is 1. The highest BCUT2D eigenvalue weighted by atomic mass is 32.2. The van der Waals surface area contributed by atoms with Gasteiger partial charge in [-0.05, 0) is 56.0 Å². The minimum Gasteiger partial charge on any atom is -0.364 e. The van der Waals surface area contributed by atoms with Gasteiger partial charge >= 0.3 is 0 Å². The summed E-state index contributed by atoms with van der Waals surface area (Å²) >= 11 is 0. The molecule has 0 saturated carbocycles. The van der Waals surface area contributed by atoms with E-state index in [1.165, 1.54) is 16.6 Å². The molecule has 3 N–H and O–H groups in total. The molecule has 4 heterocycles. The van der Waals surface area contributed by atoms with Crippen LogP contribution in [0.15, 0.2) is 42.7 Å². The van der Waals surface area contributed by atoms with Gasteiger partial charge in [-0.3, -0.25) is 4.79 Å². The number of anilines is 1. The van der Waals surface area contributed by atoms with E-state index in [-0.39, 0.29) is 31.1 Å². The molecule has 0 bridgehead atoms. The second-order valence-corrected chi connectivity index (χ2v) is 10.5. The van der Waals surface area contributed by atoms with Crippen molar-refractivity contribution in [3.63, 3.8) is 0 Å². The molecule has 1 atom stereocenters. The topological polar surface area (TPSA) is 113 Å². The predicted octanol–water partition coefficient (Wildman–Crippen LogP) is 2.35. The third-order valence-corrected chi connectivity index (χ3v) is 7.89. The Bertz CT molecular complexity index is 1370. The summed E-state index contributed by atoms with van der Waals surface area (Å²) in [7, 11) is -3.73. The number of benzene rings is 1. The molecule has 0 unspecified atom stereocenters. The largest absolute Gasteiger partial charge is 0.364 e. The van der Waals surface area contributed by atoms with Crippen molar-refractivity contribution in [2.24, 2.45) is 5.14 Å². The molecule has 1 amide bonds. The number of halogens is 2. The van der Waals surface area contributed by atoms with E-state index in [1.807, 2.05) is 17.0 Å². The Morgan fingerprint density at radius 1 is 1.09 bits per heavy atom. The number of hydrogen-bond donors (Lipinski definition) is 2. The smallest absolute Gasteiger partial charge is 0.276 e. The van der Waals surface area contributed by atoms with Crippen LogP contribution in [0.1, 0.15) is 47.6 Å². The van der Waals surface area contributed by atoms with Crippen LogP contribution in [0.5, 0.6) is 0 Å². The van der Waals surface area contributed by atoms with Crippen LogP contribution in [-0.2, 0) is 10.2 Å². The molecule has 2 aliphatic rings. The third-order valence-electron chi connectivity index (χ3n) is 6.80. The van der Waals surface area contributed by atoms with Gasteiger partial charge in [-0.15, -0.1) is 0 Å². The number of fused-ring (bicyclic) bond motifs is 1. The molecule has 0 aliphatic carbocycles. The van der Waals surface area contributed by atoms with Gasteiger partial charge < -0.3 is 10.2 Å². The van der Waals surface area contributed by atoms with Gasteiger partial charge in [0.05, 0.1) is 23.3 Å². The summed E-state index contributed by atoms with van der Waals surface area (Å²) in [4.78, 5) is 15.1. The molecular weight excluding hydrogens is 478 g/mol. The lowest BCUT2D eigenvalue weighted by Crippen LogP contribution is -2.48. The summed E-state index contributed by atoms with van der Waals surface area (Å²) in [6.45, 7) is 1.17. The molecule has 1 aromatic carbocycles. The first-order valence-corrected chi connectivity index (χ1v) is 13.0. The normalized spacial score (nSPS) is 20.0. The molecule has 2 aromatic heterocycles. The Morgan fingerprint density at radius 3 is 2.60 bits per heavy atom. The Labute approximate surface area is 201 Å². The van der Waals surface area contributed by atoms with E-state index in [2.05, 4.69) is 10.4 Å². The van der Waals surface area contributed by atoms with Crippen molar-refractivity contribution < 1.29 is 22.0 Å². The predicted molar refractivity (Wildman–Crippen MR) is 126 cm³/mol. The van der Waals surface area contributed by atoms with E-state index >= 15 is 0 Å². The quantitative estimate of drug-likeness (QED) is 0.554. The molecular formula is C23H26F2N6O3S. The number of aromatic nitrogens is 2. The van der Waals surface area contributed by atoms with Gasteiger partial charge in [-0.2, -0.15) is 17.8 Å². The van der Waals surface area contributed by atoms with Crippen LogP contribution < -0.4 is 15.4 Å². The van der Waals surface area contributed by atoms with Gasteiger partial charge in [0.2, 0.25) is 0 Å². The van der Waals surface area contributed by atoms with Gasteiger partial charge in [0, 0.05) is 43.1 Å². The van der Waals surface area contributed by atoms with Gasteiger partial charge in [-0.1, -0.05) is 0 Å². The minimum absolute atomic E-state index is 0.183. The van der Waals surface area contributed by atoms with Gasteiger partial charge in [0.25, 0.3) is 16.1 Å². The molecule has 35 heavy (non-hydrogen) atoms. The molecule has 5 rings (SSSR count). The number of piperidine rings is 1. The van der Waals surface area contributed by atoms with Crippen LogP contribution in [0.2, 0.25) is 0 Å². The minimum atomic E-state index is -3.73. The van der Waals surface area contributed by atoms with Crippen molar-refractivity contribution >= 4 is 27.3 Å². The van der Waals surface area contributed by atoms with Crippen LogP contribution >= 0.6 is 0 Å². The van der Waals surface area contributed by atoms with Crippen LogP contribution in [0.4, 0.5) is 14.5 Å². The SMILES string of the molecule is NS(=O)(=O)N1CCC(NC(=O)c2cnn3ccc(N4CCC[C@@H]4c4cc(F)ccc4F)cc23)CC1. The lowest BCUT2D eigenvalue weighted by atomic mass is 10.0. The first-order chi connectivity index (χ1) is 16.7. The fourth-order valence-electron chi connectivity index (χ4n) is 5.01. The zero-order valence-electron chi connectivity index (χ0n) is 18.9. The van der Waals surface area contributed by atoms with E-state index in [0.717, 1.165) is 24.2 Å². The standard InChI is InChI=1S/C23H26F2N6O3S/c24-15-3-4-20(25)18(12-15)21-2-1-8-30(21)17-7-11-31-22(13-17)19(14-27-31)23(32)28-16-5-9-29(10-6-16)35(26,33)34/h3-4,7,11-14,16,21H,1-2,5-6,8-10H2,(H,28,32)(H2,26,33,34)/t21-/m1/s1. The van der Waals surface area contributed by atoms with E-state index in [4.69, 9.17) is 5.14 Å². The zero-order chi connectivity index (χ0) is 24.7. The number of amides is 1. The van der Waals surface area contributed by atoms with Gasteiger partial charge in [0.15, 0.2) is 0 Å². The van der Waals surface area contributed by atoms with Crippen LogP contribution in [0.3, 0.4) is 0 Å². The number of rotatable bonds is 5. The van der Waals surface area contributed by atoms with Crippen molar-refractivity contribution in [1.29, 1.82) is 0 Å². The summed E-state index contributed by atoms with van der Waals surface area (Å²) in [5.41, 5.74) is 2.08. The van der Waals surface area contributed by atoms with Crippen molar-refractivity contribution in [1.82, 2.24) is 19.2 Å². The summed E-state index contributed by atoms with van der Waals surface area (Å²) in [5, 5.41) is 12.4. The number of nitrogens with one attached hydrogen (secondary N) is 1. The van der Waals surface area contributed by atoms with Crippen LogP contribution in [0, 0.1) is 11.6 Å². The highest BCUT2D eigenvalue weighted by molar-refractivity contribution is 7.86. The van der Waals surface area contributed by atoms with E-state index in [0.29, 0.717) is 42.5 Å². The molecule has 0 spiro atoms. The van der Waals surface area contributed by atoms with Crippen molar-refractivity contribution in [2.45, 2.75) is 37.8 Å². The van der Waals surface area contributed by atoms with Gasteiger partial charge in [-0.25, -0.2) is 18.4 Å². The van der Waals surface area contributed by atoms with Crippen molar-refractivity contribution in [2.75, 3.05) is 24.5 Å². The second kappa shape index (κ2) is 9.17. The molecule has 2 fully saturated rings. The molecule has 2 saturated heterocycles. The highest BCUT2D eigenvalue weighted by Gasteiger charge is 2.30. The first kappa shape index (κ1) is 23.6. The summed E-state index contributed by atoms with van der Waals surface area (Å²) in [6.07, 6.45) is 5.67. The number of nitrogens with zero attached hydrogens (tertiary/aromatic N) is 4. The molecule has 186 valence electrons. The fraction of sp³-hybridized carbons (Fsp3) is 0.391. The molecule has 12 heteroatoms. The van der Waals surface area contributed by atoms with Crippen LogP contribution in [-0.4, -0.2) is 53.9 Å². The lowest BCUT2D eigenvalue weighted by molar-refractivity contribution is 0.0925. The summed E-state index contributed by atoms with van der Waals surface area (Å²) in [5.74, 6) is -1.23. The Balaban J connectivity index is 1.36. The maximum absolute atomic E-state index is 14.5. The maximum Gasteiger partial charge on any atom is 0.276 e. The average molecular weight is 505 g/mol. The zero-order valence-corrected chi connectivity index (χ0v) is 19.7. The first-order valence-electron chi connectivity index (χ1n) is 11.5. The second-order valence-electron chi connectivity index (χ2n) is 8.98. The van der Waals surface area contributed by atoms with Crippen molar-refractivity contribution in [3.8, 4) is 0 Å². The molecule has 9 nitrogen and oxygen atoms in total. The number of carbonyl (C=O) groups is 1. The highest BCUT2D eigenvalue weighted by Crippen LogP contribution is 2.38. The van der Waals surface area contributed by atoms with E-state index in [1.54, 1.807) is 10.7 Å². The Morgan fingerprint density at radius 2 is 1.86 bits per heavy atom. The number of hydrogen-bond acceptors (Lipinski definition) is 5. The van der Waals surface area contributed by atoms with E-state index < -0.39 is 21.8 Å². The fourth-order valence-corrected chi connectivity index (χ4v) is 5.73. The third kappa shape index (κ3) is 4.73. The van der Waals surface area contributed by atoms with Crippen LogP contribution in [0.25, 0.3) is 5.52 Å². The molecule has 0 radical (unpaired) electrons. The maximum atomic E-state index is 14.5. The summed E-state index contributed by atoms with van der Waals surface area (Å²) in [6, 6.07) is 6.70. The lowest BCUT2D eigenvalue weighted by Gasteiger charge is -2.30. The monoisotopic (exact) mass is 504 g/mol. The van der Waals surface area contributed by atoms with Crippen molar-refractivity contribution in [3.05, 3.63) is 65.5 Å². The molecule has 3 aromatic rings. The Kier molecular flexibility index (Phi) is 6.20. The Hall–Kier alpha value is -3.09.